The molecule has 1 heterocycles. The van der Waals surface area contributed by atoms with E-state index in [1.54, 1.807) is 6.33 Å². The molecule has 3 nitrogen and oxygen atoms in total. The van der Waals surface area contributed by atoms with Crippen LogP contribution in [0, 0.1) is 11.3 Å². The number of hydrogen-bond donors (Lipinski definition) is 0. The predicted octanol–water partition coefficient (Wildman–Crippen LogP) is 2.12. The highest BCUT2D eigenvalue weighted by atomic mass is 15.1. The largest absolute Gasteiger partial charge is 0.314 e. The van der Waals surface area contributed by atoms with Crippen LogP contribution in [0.3, 0.4) is 0 Å². The van der Waals surface area contributed by atoms with Crippen molar-refractivity contribution in [2.24, 2.45) is 0 Å². The summed E-state index contributed by atoms with van der Waals surface area (Å²) in [6, 6.07) is 9.82. The third-order valence-corrected chi connectivity index (χ3v) is 2.09. The summed E-state index contributed by atoms with van der Waals surface area (Å²) in [6.07, 6.45) is 1.71. The van der Waals surface area contributed by atoms with E-state index in [-0.39, 0.29) is 6.04 Å². The lowest BCUT2D eigenvalue weighted by Crippen LogP contribution is -1.99. The monoisotopic (exact) mass is 171 g/mol. The van der Waals surface area contributed by atoms with Crippen molar-refractivity contribution in [2.45, 2.75) is 13.0 Å². The predicted molar refractivity (Wildman–Crippen MR) is 50.1 cm³/mol. The zero-order valence-corrected chi connectivity index (χ0v) is 7.31. The number of imidazole rings is 1. The van der Waals surface area contributed by atoms with Crippen LogP contribution >= 0.6 is 0 Å². The Bertz CT molecular complexity index is 464. The van der Waals surface area contributed by atoms with Gasteiger partial charge in [-0.2, -0.15) is 5.26 Å². The van der Waals surface area contributed by atoms with Gasteiger partial charge in [0.05, 0.1) is 23.4 Å². The van der Waals surface area contributed by atoms with Gasteiger partial charge in [-0.25, -0.2) is 4.98 Å². The number of aromatic nitrogens is 2. The highest BCUT2D eigenvalue weighted by Gasteiger charge is 2.06. The minimum atomic E-state index is -0.160. The zero-order chi connectivity index (χ0) is 9.26. The maximum Gasteiger partial charge on any atom is 0.119 e. The third-order valence-electron chi connectivity index (χ3n) is 2.09. The van der Waals surface area contributed by atoms with Gasteiger partial charge in [-0.05, 0) is 19.1 Å². The van der Waals surface area contributed by atoms with Crippen molar-refractivity contribution in [3.8, 4) is 6.07 Å². The maximum absolute atomic E-state index is 8.77. The Hall–Kier alpha value is -1.82. The van der Waals surface area contributed by atoms with Crippen LogP contribution in [0.2, 0.25) is 0 Å². The van der Waals surface area contributed by atoms with Gasteiger partial charge in [-0.3, -0.25) is 0 Å². The highest BCUT2D eigenvalue weighted by molar-refractivity contribution is 5.75. The van der Waals surface area contributed by atoms with Gasteiger partial charge in [-0.15, -0.1) is 0 Å². The normalized spacial score (nSPS) is 12.6. The number of benzene rings is 1. The molecule has 0 saturated carbocycles. The van der Waals surface area contributed by atoms with Gasteiger partial charge in [0.25, 0.3) is 0 Å². The molecule has 0 aliphatic rings. The zero-order valence-electron chi connectivity index (χ0n) is 7.31. The molecule has 0 bridgehead atoms. The van der Waals surface area contributed by atoms with E-state index in [9.17, 15) is 0 Å². The minimum Gasteiger partial charge on any atom is -0.314 e. The number of para-hydroxylation sites is 2. The van der Waals surface area contributed by atoms with Crippen molar-refractivity contribution in [1.82, 2.24) is 9.55 Å². The molecule has 3 heteroatoms. The molecule has 0 saturated heterocycles. The van der Waals surface area contributed by atoms with Crippen molar-refractivity contribution < 1.29 is 0 Å². The summed E-state index contributed by atoms with van der Waals surface area (Å²) in [4.78, 5) is 4.20. The Morgan fingerprint density at radius 3 is 3.00 bits per heavy atom. The first-order valence-corrected chi connectivity index (χ1v) is 4.14. The summed E-state index contributed by atoms with van der Waals surface area (Å²) in [7, 11) is 0. The molecule has 13 heavy (non-hydrogen) atoms. The highest BCUT2D eigenvalue weighted by Crippen LogP contribution is 2.16. The van der Waals surface area contributed by atoms with E-state index in [1.165, 1.54) is 0 Å². The summed E-state index contributed by atoms with van der Waals surface area (Å²) in [5, 5.41) is 8.77. The van der Waals surface area contributed by atoms with Crippen LogP contribution in [0.5, 0.6) is 0 Å². The van der Waals surface area contributed by atoms with Crippen LogP contribution in [0.15, 0.2) is 30.6 Å². The number of nitrogens with zero attached hydrogens (tertiary/aromatic N) is 3. The van der Waals surface area contributed by atoms with Gasteiger partial charge in [0.1, 0.15) is 6.04 Å². The average Bonchev–Trinajstić information content (AvgIpc) is 2.60. The van der Waals surface area contributed by atoms with Gasteiger partial charge in [-0.1, -0.05) is 12.1 Å². The van der Waals surface area contributed by atoms with Crippen molar-refractivity contribution in [3.63, 3.8) is 0 Å². The van der Waals surface area contributed by atoms with Gasteiger partial charge < -0.3 is 4.57 Å². The Morgan fingerprint density at radius 2 is 2.23 bits per heavy atom. The molecular formula is C10H9N3. The van der Waals surface area contributed by atoms with Gasteiger partial charge in [0, 0.05) is 0 Å². The molecule has 1 aromatic heterocycles. The quantitative estimate of drug-likeness (QED) is 0.659. The fraction of sp³-hybridized carbons (Fsp3) is 0.200. The van der Waals surface area contributed by atoms with E-state index in [1.807, 2.05) is 35.8 Å². The molecule has 0 aliphatic carbocycles. The third kappa shape index (κ3) is 1.17. The van der Waals surface area contributed by atoms with Crippen molar-refractivity contribution in [2.75, 3.05) is 0 Å². The first-order chi connectivity index (χ1) is 6.33. The molecule has 2 aromatic rings. The molecule has 64 valence electrons. The van der Waals surface area contributed by atoms with E-state index < -0.39 is 0 Å². The molecule has 0 spiro atoms. The van der Waals surface area contributed by atoms with Crippen LogP contribution in [0.25, 0.3) is 11.0 Å². The Morgan fingerprint density at radius 1 is 1.46 bits per heavy atom. The summed E-state index contributed by atoms with van der Waals surface area (Å²) < 4.78 is 1.87. The standard InChI is InChI=1S/C10H9N3/c1-8(6-11)13-7-12-9-4-2-3-5-10(9)13/h2-5,7-8H,1H3. The topological polar surface area (TPSA) is 41.6 Å². The summed E-state index contributed by atoms with van der Waals surface area (Å²) in [6.45, 7) is 1.86. The lowest BCUT2D eigenvalue weighted by Gasteiger charge is -2.04. The number of fused-ring (bicyclic) bond motifs is 1. The van der Waals surface area contributed by atoms with Gasteiger partial charge in [0.15, 0.2) is 0 Å². The Kier molecular flexibility index (Phi) is 1.75. The number of nitriles is 1. The maximum atomic E-state index is 8.77. The second kappa shape index (κ2) is 2.91. The van der Waals surface area contributed by atoms with Crippen LogP contribution in [-0.4, -0.2) is 9.55 Å². The molecule has 0 fully saturated rings. The molecule has 2 rings (SSSR count). The fourth-order valence-corrected chi connectivity index (χ4v) is 1.35. The smallest absolute Gasteiger partial charge is 0.119 e. The summed E-state index contributed by atoms with van der Waals surface area (Å²) in [5.74, 6) is 0. The van der Waals surface area contributed by atoms with Crippen LogP contribution in [0.1, 0.15) is 13.0 Å². The lowest BCUT2D eigenvalue weighted by atomic mass is 10.3. The van der Waals surface area contributed by atoms with Crippen LogP contribution in [0.4, 0.5) is 0 Å². The molecular weight excluding hydrogens is 162 g/mol. The van der Waals surface area contributed by atoms with Crippen molar-refractivity contribution in [3.05, 3.63) is 30.6 Å². The minimum absolute atomic E-state index is 0.160. The van der Waals surface area contributed by atoms with E-state index >= 15 is 0 Å². The molecule has 0 radical (unpaired) electrons. The van der Waals surface area contributed by atoms with E-state index in [0.29, 0.717) is 0 Å². The number of rotatable bonds is 1. The second-order valence-electron chi connectivity index (χ2n) is 2.95. The molecule has 1 atom stereocenters. The lowest BCUT2D eigenvalue weighted by molar-refractivity contribution is 0.693. The number of hydrogen-bond acceptors (Lipinski definition) is 2. The first-order valence-electron chi connectivity index (χ1n) is 4.14. The van der Waals surface area contributed by atoms with Gasteiger partial charge in [0.2, 0.25) is 0 Å². The molecule has 1 aromatic carbocycles. The summed E-state index contributed by atoms with van der Waals surface area (Å²) >= 11 is 0. The average molecular weight is 171 g/mol. The summed E-state index contributed by atoms with van der Waals surface area (Å²) in [5.41, 5.74) is 1.95. The molecule has 0 aliphatic heterocycles. The van der Waals surface area contributed by atoms with E-state index in [4.69, 9.17) is 5.26 Å². The molecule has 0 amide bonds. The Labute approximate surface area is 76.2 Å². The SMILES string of the molecule is CC(C#N)n1cnc2ccccc21. The van der Waals surface area contributed by atoms with E-state index in [0.717, 1.165) is 11.0 Å². The Balaban J connectivity index is 2.66. The molecule has 1 unspecified atom stereocenters. The van der Waals surface area contributed by atoms with Crippen LogP contribution < -0.4 is 0 Å². The van der Waals surface area contributed by atoms with Crippen molar-refractivity contribution >= 4 is 11.0 Å². The fourth-order valence-electron chi connectivity index (χ4n) is 1.35. The van der Waals surface area contributed by atoms with Crippen LogP contribution in [-0.2, 0) is 0 Å². The van der Waals surface area contributed by atoms with Crippen molar-refractivity contribution in [1.29, 1.82) is 5.26 Å². The van der Waals surface area contributed by atoms with E-state index in [2.05, 4.69) is 11.1 Å². The first kappa shape index (κ1) is 7.81. The molecule has 0 N–H and O–H groups in total. The van der Waals surface area contributed by atoms with Gasteiger partial charge >= 0.3 is 0 Å². The second-order valence-corrected chi connectivity index (χ2v) is 2.95.